The third-order valence-electron chi connectivity index (χ3n) is 4.63. The molecule has 2 heterocycles. The zero-order chi connectivity index (χ0) is 14.5. The van der Waals surface area contributed by atoms with Crippen molar-refractivity contribution in [2.45, 2.75) is 58.4 Å². The average molecular weight is 295 g/mol. The third kappa shape index (κ3) is 2.14. The lowest BCUT2D eigenvalue weighted by Gasteiger charge is -2.25. The van der Waals surface area contributed by atoms with Gasteiger partial charge in [-0.2, -0.15) is 5.10 Å². The van der Waals surface area contributed by atoms with Gasteiger partial charge in [0.1, 0.15) is 11.3 Å². The van der Waals surface area contributed by atoms with Crippen molar-refractivity contribution in [1.82, 2.24) is 19.3 Å². The molecule has 2 aromatic rings. The molecule has 0 spiro atoms. The summed E-state index contributed by atoms with van der Waals surface area (Å²) in [7, 11) is 1.99. The van der Waals surface area contributed by atoms with Gasteiger partial charge >= 0.3 is 0 Å². The van der Waals surface area contributed by atoms with Crippen LogP contribution in [0, 0.1) is 12.3 Å². The van der Waals surface area contributed by atoms with Gasteiger partial charge < -0.3 is 4.57 Å². The highest BCUT2D eigenvalue weighted by Crippen LogP contribution is 2.40. The molecule has 1 unspecified atom stereocenters. The van der Waals surface area contributed by atoms with Gasteiger partial charge in [0.25, 0.3) is 0 Å². The van der Waals surface area contributed by atoms with Crippen molar-refractivity contribution in [3.63, 3.8) is 0 Å². The Morgan fingerprint density at radius 1 is 1.35 bits per heavy atom. The quantitative estimate of drug-likeness (QED) is 0.803. The number of hydrogen-bond acceptors (Lipinski definition) is 2. The summed E-state index contributed by atoms with van der Waals surface area (Å²) < 4.78 is 4.25. The van der Waals surface area contributed by atoms with Gasteiger partial charge in [-0.05, 0) is 32.1 Å². The number of imidazole rings is 1. The van der Waals surface area contributed by atoms with Crippen molar-refractivity contribution in [3.05, 3.63) is 11.5 Å². The number of aryl methyl sites for hydroxylation is 2. The van der Waals surface area contributed by atoms with E-state index in [1.54, 1.807) is 0 Å². The molecule has 0 saturated heterocycles. The number of halogens is 1. The van der Waals surface area contributed by atoms with Gasteiger partial charge in [-0.15, -0.1) is 11.6 Å². The Kier molecular flexibility index (Phi) is 3.32. The largest absolute Gasteiger partial charge is 0.311 e. The van der Waals surface area contributed by atoms with E-state index in [1.807, 2.05) is 25.6 Å². The highest BCUT2D eigenvalue weighted by atomic mass is 35.5. The molecule has 0 amide bonds. The van der Waals surface area contributed by atoms with Crippen molar-refractivity contribution in [2.24, 2.45) is 12.5 Å². The van der Waals surface area contributed by atoms with E-state index in [0.717, 1.165) is 29.2 Å². The Labute approximate surface area is 125 Å². The fourth-order valence-electron chi connectivity index (χ4n) is 3.58. The molecule has 2 aromatic heterocycles. The molecule has 5 heteroatoms. The van der Waals surface area contributed by atoms with Gasteiger partial charge in [0.2, 0.25) is 0 Å². The summed E-state index contributed by atoms with van der Waals surface area (Å²) in [6.45, 7) is 7.39. The lowest BCUT2D eigenvalue weighted by molar-refractivity contribution is 0.280. The zero-order valence-corrected chi connectivity index (χ0v) is 13.5. The first kappa shape index (κ1) is 13.9. The average Bonchev–Trinajstić information content (AvgIpc) is 2.99. The van der Waals surface area contributed by atoms with E-state index in [2.05, 4.69) is 16.6 Å². The molecule has 4 nitrogen and oxygen atoms in total. The van der Waals surface area contributed by atoms with Crippen molar-refractivity contribution in [2.75, 3.05) is 0 Å². The Morgan fingerprint density at radius 3 is 2.60 bits per heavy atom. The Balaban J connectivity index is 2.13. The topological polar surface area (TPSA) is 35.6 Å². The van der Waals surface area contributed by atoms with Gasteiger partial charge in [0, 0.05) is 13.6 Å². The van der Waals surface area contributed by atoms with Crippen LogP contribution >= 0.6 is 11.6 Å². The number of fused-ring (bicyclic) bond motifs is 1. The van der Waals surface area contributed by atoms with Crippen LogP contribution in [0.4, 0.5) is 0 Å². The van der Waals surface area contributed by atoms with Crippen LogP contribution in [0.5, 0.6) is 0 Å². The van der Waals surface area contributed by atoms with Gasteiger partial charge in [0.15, 0.2) is 5.65 Å². The summed E-state index contributed by atoms with van der Waals surface area (Å²) in [6, 6.07) is 0. The van der Waals surface area contributed by atoms with Crippen LogP contribution in [0.1, 0.15) is 56.4 Å². The lowest BCUT2D eigenvalue weighted by atomic mass is 9.89. The van der Waals surface area contributed by atoms with Crippen LogP contribution in [0.3, 0.4) is 0 Å². The number of rotatable bonds is 3. The molecular weight excluding hydrogens is 272 g/mol. The van der Waals surface area contributed by atoms with Gasteiger partial charge in [-0.1, -0.05) is 19.8 Å². The maximum atomic E-state index is 6.36. The summed E-state index contributed by atoms with van der Waals surface area (Å²) in [5.41, 5.74) is 3.46. The first-order valence-corrected chi connectivity index (χ1v) is 7.89. The van der Waals surface area contributed by atoms with E-state index in [0.29, 0.717) is 5.41 Å². The predicted octanol–water partition coefficient (Wildman–Crippen LogP) is 3.96. The van der Waals surface area contributed by atoms with Crippen molar-refractivity contribution < 1.29 is 0 Å². The minimum absolute atomic E-state index is 0.0770. The summed E-state index contributed by atoms with van der Waals surface area (Å²) in [4.78, 5) is 4.75. The number of alkyl halides is 1. The molecule has 0 aliphatic heterocycles. The summed E-state index contributed by atoms with van der Waals surface area (Å²) >= 11 is 6.36. The monoisotopic (exact) mass is 294 g/mol. The minimum Gasteiger partial charge on any atom is -0.311 e. The first-order chi connectivity index (χ1) is 9.41. The van der Waals surface area contributed by atoms with Crippen LogP contribution < -0.4 is 0 Å². The van der Waals surface area contributed by atoms with E-state index in [-0.39, 0.29) is 5.38 Å². The maximum Gasteiger partial charge on any atom is 0.158 e. The SMILES string of the molecule is Cc1nn(C)c2c1nc(C(C)Cl)n2CC1(C)CCCC1. The fraction of sp³-hybridized carbons (Fsp3) is 0.733. The molecule has 110 valence electrons. The summed E-state index contributed by atoms with van der Waals surface area (Å²) in [5.74, 6) is 0.978. The molecule has 3 rings (SSSR count). The van der Waals surface area contributed by atoms with Crippen LogP contribution in [0.15, 0.2) is 0 Å². The zero-order valence-electron chi connectivity index (χ0n) is 12.8. The normalized spacial score (nSPS) is 19.9. The van der Waals surface area contributed by atoms with Crippen LogP contribution in [0.2, 0.25) is 0 Å². The molecule has 1 atom stereocenters. The highest BCUT2D eigenvalue weighted by molar-refractivity contribution is 6.20. The summed E-state index contributed by atoms with van der Waals surface area (Å²) in [5, 5.41) is 4.42. The Hall–Kier alpha value is -1.03. The molecule has 0 radical (unpaired) electrons. The predicted molar refractivity (Wildman–Crippen MR) is 82.1 cm³/mol. The molecule has 0 aromatic carbocycles. The second-order valence-corrected chi connectivity index (χ2v) is 7.23. The number of nitrogens with zero attached hydrogens (tertiary/aromatic N) is 4. The van der Waals surface area contributed by atoms with Crippen molar-refractivity contribution in [1.29, 1.82) is 0 Å². The molecule has 20 heavy (non-hydrogen) atoms. The molecule has 1 aliphatic rings. The molecule has 0 bridgehead atoms. The molecule has 1 aliphatic carbocycles. The van der Waals surface area contributed by atoms with E-state index in [4.69, 9.17) is 16.6 Å². The van der Waals surface area contributed by atoms with Crippen LogP contribution in [-0.2, 0) is 13.6 Å². The Bertz CT molecular complexity index is 632. The standard InChI is InChI=1S/C15H23ClN4/c1-10(16)13-17-12-11(2)18-19(4)14(12)20(13)9-15(3)7-5-6-8-15/h10H,5-9H2,1-4H3. The number of hydrogen-bond donors (Lipinski definition) is 0. The second-order valence-electron chi connectivity index (χ2n) is 6.57. The molecule has 1 saturated carbocycles. The van der Waals surface area contributed by atoms with E-state index >= 15 is 0 Å². The molecular formula is C15H23ClN4. The first-order valence-electron chi connectivity index (χ1n) is 7.45. The fourth-order valence-corrected chi connectivity index (χ4v) is 3.75. The Morgan fingerprint density at radius 2 is 2.00 bits per heavy atom. The van der Waals surface area contributed by atoms with E-state index in [9.17, 15) is 0 Å². The van der Waals surface area contributed by atoms with Crippen molar-refractivity contribution >= 4 is 22.8 Å². The van der Waals surface area contributed by atoms with Gasteiger partial charge in [0.05, 0.1) is 11.1 Å². The molecule has 0 N–H and O–H groups in total. The van der Waals surface area contributed by atoms with Gasteiger partial charge in [-0.3, -0.25) is 4.68 Å². The van der Waals surface area contributed by atoms with Gasteiger partial charge in [-0.25, -0.2) is 4.98 Å². The van der Waals surface area contributed by atoms with Crippen LogP contribution in [0.25, 0.3) is 11.2 Å². The van der Waals surface area contributed by atoms with Crippen LogP contribution in [-0.4, -0.2) is 19.3 Å². The smallest absolute Gasteiger partial charge is 0.158 e. The van der Waals surface area contributed by atoms with Crippen molar-refractivity contribution in [3.8, 4) is 0 Å². The third-order valence-corrected chi connectivity index (χ3v) is 4.82. The summed E-state index contributed by atoms with van der Waals surface area (Å²) in [6.07, 6.45) is 5.26. The minimum atomic E-state index is -0.0770. The van der Waals surface area contributed by atoms with E-state index in [1.165, 1.54) is 25.7 Å². The van der Waals surface area contributed by atoms with E-state index < -0.39 is 0 Å². The maximum absolute atomic E-state index is 6.36. The number of aromatic nitrogens is 4. The molecule has 1 fully saturated rings. The lowest BCUT2D eigenvalue weighted by Crippen LogP contribution is -2.22. The highest BCUT2D eigenvalue weighted by Gasteiger charge is 2.32. The second kappa shape index (κ2) is 4.76.